The molecule has 6 heteroatoms. The Morgan fingerprint density at radius 2 is 2.10 bits per heavy atom. The maximum Gasteiger partial charge on any atom is 0.0992 e. The van der Waals surface area contributed by atoms with E-state index in [9.17, 15) is 0 Å². The van der Waals surface area contributed by atoms with Gasteiger partial charge in [0.2, 0.25) is 0 Å². The van der Waals surface area contributed by atoms with Crippen molar-refractivity contribution in [2.24, 2.45) is 0 Å². The van der Waals surface area contributed by atoms with E-state index in [1.54, 1.807) is 23.9 Å². The molecule has 3 nitrogen and oxygen atoms in total. The predicted molar refractivity (Wildman–Crippen MR) is 89.9 cm³/mol. The molecule has 0 aliphatic heterocycles. The molecule has 0 amide bonds. The summed E-state index contributed by atoms with van der Waals surface area (Å²) >= 11 is 13.9. The standard InChI is InChI=1S/C15H13Cl2N3S/c1-10(13-5-6-14(17)21-13)19-12-4-2-3-11(16)15(12)20-8-7-18-9-20/h2-10,19H,1H3. The smallest absolute Gasteiger partial charge is 0.0992 e. The lowest BCUT2D eigenvalue weighted by molar-refractivity contribution is 0.901. The number of para-hydroxylation sites is 1. The summed E-state index contributed by atoms with van der Waals surface area (Å²) in [6, 6.07) is 9.89. The van der Waals surface area contributed by atoms with Gasteiger partial charge in [-0.2, -0.15) is 0 Å². The molecule has 0 spiro atoms. The zero-order chi connectivity index (χ0) is 14.8. The van der Waals surface area contributed by atoms with Crippen molar-refractivity contribution in [3.8, 4) is 5.69 Å². The number of nitrogens with one attached hydrogen (secondary N) is 1. The lowest BCUT2D eigenvalue weighted by atomic mass is 10.2. The number of anilines is 1. The normalized spacial score (nSPS) is 12.3. The van der Waals surface area contributed by atoms with Gasteiger partial charge in [0, 0.05) is 17.3 Å². The molecular formula is C15H13Cl2N3S. The van der Waals surface area contributed by atoms with Crippen LogP contribution in [0.1, 0.15) is 17.8 Å². The van der Waals surface area contributed by atoms with E-state index < -0.39 is 0 Å². The number of thiophene rings is 1. The first-order chi connectivity index (χ1) is 10.1. The molecule has 2 aromatic heterocycles. The lowest BCUT2D eigenvalue weighted by Crippen LogP contribution is -2.08. The second-order valence-electron chi connectivity index (χ2n) is 4.61. The summed E-state index contributed by atoms with van der Waals surface area (Å²) in [7, 11) is 0. The van der Waals surface area contributed by atoms with Gasteiger partial charge < -0.3 is 9.88 Å². The van der Waals surface area contributed by atoms with Crippen LogP contribution in [0.15, 0.2) is 49.1 Å². The van der Waals surface area contributed by atoms with E-state index in [-0.39, 0.29) is 6.04 Å². The highest BCUT2D eigenvalue weighted by Crippen LogP contribution is 2.33. The Hall–Kier alpha value is -1.49. The quantitative estimate of drug-likeness (QED) is 0.689. The van der Waals surface area contributed by atoms with E-state index in [1.165, 1.54) is 4.88 Å². The van der Waals surface area contributed by atoms with Gasteiger partial charge in [-0.1, -0.05) is 29.3 Å². The summed E-state index contributed by atoms with van der Waals surface area (Å²) in [5.41, 5.74) is 1.85. The van der Waals surface area contributed by atoms with Crippen LogP contribution in [-0.4, -0.2) is 9.55 Å². The Bertz CT molecular complexity index is 737. The van der Waals surface area contributed by atoms with E-state index >= 15 is 0 Å². The number of halogens is 2. The summed E-state index contributed by atoms with van der Waals surface area (Å²) in [5, 5.41) is 4.16. The average molecular weight is 338 g/mol. The van der Waals surface area contributed by atoms with Crippen molar-refractivity contribution < 1.29 is 0 Å². The largest absolute Gasteiger partial charge is 0.376 e. The van der Waals surface area contributed by atoms with Crippen molar-refractivity contribution in [3.05, 3.63) is 63.3 Å². The van der Waals surface area contributed by atoms with Crippen LogP contribution in [0.25, 0.3) is 5.69 Å². The SMILES string of the molecule is CC(Nc1cccc(Cl)c1-n1ccnc1)c1ccc(Cl)s1. The molecule has 3 rings (SSSR count). The number of hydrogen-bond donors (Lipinski definition) is 1. The predicted octanol–water partition coefficient (Wildman–Crippen LogP) is 5.41. The third-order valence-electron chi connectivity index (χ3n) is 3.14. The molecule has 0 radical (unpaired) electrons. The molecule has 1 aromatic carbocycles. The van der Waals surface area contributed by atoms with E-state index in [2.05, 4.69) is 17.2 Å². The van der Waals surface area contributed by atoms with Gasteiger partial charge >= 0.3 is 0 Å². The van der Waals surface area contributed by atoms with Crippen molar-refractivity contribution in [1.82, 2.24) is 9.55 Å². The fourth-order valence-electron chi connectivity index (χ4n) is 2.15. The van der Waals surface area contributed by atoms with Gasteiger partial charge in [0.15, 0.2) is 0 Å². The monoisotopic (exact) mass is 337 g/mol. The second kappa shape index (κ2) is 6.10. The van der Waals surface area contributed by atoms with Crippen molar-refractivity contribution in [2.75, 3.05) is 5.32 Å². The fraction of sp³-hybridized carbons (Fsp3) is 0.133. The van der Waals surface area contributed by atoms with Crippen LogP contribution in [0.3, 0.4) is 0 Å². The summed E-state index contributed by atoms with van der Waals surface area (Å²) in [5.74, 6) is 0. The molecule has 0 aliphatic rings. The van der Waals surface area contributed by atoms with Gasteiger partial charge in [-0.3, -0.25) is 0 Å². The minimum Gasteiger partial charge on any atom is -0.376 e. The van der Waals surface area contributed by atoms with Crippen LogP contribution in [0, 0.1) is 0 Å². The van der Waals surface area contributed by atoms with Crippen molar-refractivity contribution in [2.45, 2.75) is 13.0 Å². The Kier molecular flexibility index (Phi) is 4.19. The third-order valence-corrected chi connectivity index (χ3v) is 4.86. The highest BCUT2D eigenvalue weighted by molar-refractivity contribution is 7.16. The molecule has 0 aliphatic carbocycles. The fourth-order valence-corrected chi connectivity index (χ4v) is 3.49. The van der Waals surface area contributed by atoms with Crippen LogP contribution in [0.4, 0.5) is 5.69 Å². The zero-order valence-corrected chi connectivity index (χ0v) is 13.6. The summed E-state index contributed by atoms with van der Waals surface area (Å²) in [6.07, 6.45) is 5.34. The van der Waals surface area contributed by atoms with Crippen molar-refractivity contribution >= 4 is 40.2 Å². The van der Waals surface area contributed by atoms with Gasteiger partial charge in [-0.05, 0) is 31.2 Å². The summed E-state index contributed by atoms with van der Waals surface area (Å²) in [4.78, 5) is 5.26. The van der Waals surface area contributed by atoms with Crippen LogP contribution in [0.2, 0.25) is 9.36 Å². The molecule has 3 aromatic rings. The van der Waals surface area contributed by atoms with Gasteiger partial charge in [0.25, 0.3) is 0 Å². The van der Waals surface area contributed by atoms with Gasteiger partial charge in [0.05, 0.1) is 33.1 Å². The average Bonchev–Trinajstić information content (AvgIpc) is 3.10. The Labute approximate surface area is 137 Å². The molecule has 1 N–H and O–H groups in total. The van der Waals surface area contributed by atoms with E-state index in [4.69, 9.17) is 23.2 Å². The molecule has 1 atom stereocenters. The molecular weight excluding hydrogens is 325 g/mol. The highest BCUT2D eigenvalue weighted by atomic mass is 35.5. The summed E-state index contributed by atoms with van der Waals surface area (Å²) in [6.45, 7) is 2.10. The number of rotatable bonds is 4. The maximum absolute atomic E-state index is 6.35. The second-order valence-corrected chi connectivity index (χ2v) is 6.77. The first-order valence-electron chi connectivity index (χ1n) is 6.44. The minimum absolute atomic E-state index is 0.142. The van der Waals surface area contributed by atoms with Crippen LogP contribution < -0.4 is 5.32 Å². The molecule has 108 valence electrons. The van der Waals surface area contributed by atoms with E-state index in [0.29, 0.717) is 5.02 Å². The lowest BCUT2D eigenvalue weighted by Gasteiger charge is -2.18. The van der Waals surface area contributed by atoms with Crippen molar-refractivity contribution in [1.29, 1.82) is 0 Å². The topological polar surface area (TPSA) is 29.9 Å². The van der Waals surface area contributed by atoms with Crippen molar-refractivity contribution in [3.63, 3.8) is 0 Å². The number of imidazole rings is 1. The van der Waals surface area contributed by atoms with Crippen LogP contribution in [0.5, 0.6) is 0 Å². The molecule has 1 unspecified atom stereocenters. The number of aromatic nitrogens is 2. The van der Waals surface area contributed by atoms with Crippen LogP contribution >= 0.6 is 34.5 Å². The minimum atomic E-state index is 0.142. The van der Waals surface area contributed by atoms with E-state index in [0.717, 1.165) is 15.7 Å². The van der Waals surface area contributed by atoms with Gasteiger partial charge in [-0.25, -0.2) is 4.98 Å². The maximum atomic E-state index is 6.35. The highest BCUT2D eigenvalue weighted by Gasteiger charge is 2.13. The molecule has 0 bridgehead atoms. The summed E-state index contributed by atoms with van der Waals surface area (Å²) < 4.78 is 2.69. The van der Waals surface area contributed by atoms with E-state index in [1.807, 2.05) is 41.1 Å². The Balaban J connectivity index is 1.94. The van der Waals surface area contributed by atoms with Gasteiger partial charge in [-0.15, -0.1) is 11.3 Å². The number of nitrogens with zero attached hydrogens (tertiary/aromatic N) is 2. The van der Waals surface area contributed by atoms with Gasteiger partial charge in [0.1, 0.15) is 0 Å². The Morgan fingerprint density at radius 3 is 2.76 bits per heavy atom. The zero-order valence-electron chi connectivity index (χ0n) is 11.3. The number of hydrogen-bond acceptors (Lipinski definition) is 3. The molecule has 0 fully saturated rings. The molecule has 21 heavy (non-hydrogen) atoms. The first kappa shape index (κ1) is 14.4. The third kappa shape index (κ3) is 3.07. The number of benzene rings is 1. The molecule has 0 saturated heterocycles. The Morgan fingerprint density at radius 1 is 1.24 bits per heavy atom. The molecule has 2 heterocycles. The molecule has 0 saturated carbocycles. The van der Waals surface area contributed by atoms with Crippen LogP contribution in [-0.2, 0) is 0 Å². The first-order valence-corrected chi connectivity index (χ1v) is 8.01.